The van der Waals surface area contributed by atoms with Gasteiger partial charge in [-0.1, -0.05) is 12.1 Å². The molecule has 0 atom stereocenters. The number of nitrogens with two attached hydrogens (primary N) is 1. The number of carbonyl (C=O) groups excluding carboxylic acids is 2. The summed E-state index contributed by atoms with van der Waals surface area (Å²) in [5, 5.41) is 7.04. The number of nitrogens with zero attached hydrogens (tertiary/aromatic N) is 2. The topological polar surface area (TPSA) is 99.2 Å². The van der Waals surface area contributed by atoms with Crippen molar-refractivity contribution in [3.63, 3.8) is 0 Å². The van der Waals surface area contributed by atoms with Crippen molar-refractivity contribution in [3.8, 4) is 5.69 Å². The smallest absolute Gasteiger partial charge is 0.358 e. The molecule has 0 fully saturated rings. The maximum atomic E-state index is 11.9. The number of hydrogen-bond donors (Lipinski definition) is 2. The number of amides is 1. The van der Waals surface area contributed by atoms with Crippen molar-refractivity contribution >= 4 is 17.6 Å². The highest BCUT2D eigenvalue weighted by atomic mass is 16.5. The van der Waals surface area contributed by atoms with Gasteiger partial charge in [0.05, 0.1) is 18.0 Å². The Morgan fingerprint density at radius 3 is 2.83 bits per heavy atom. The molecule has 23 heavy (non-hydrogen) atoms. The van der Waals surface area contributed by atoms with Crippen LogP contribution in [0.2, 0.25) is 0 Å². The number of rotatable bonds is 7. The standard InChI is InChI=1S/C16H20N4O3/c1-2-23-16(22)13-9-11-20(19-13)14-7-4-3-6-12(14)18-15(21)8-5-10-17/h3-4,6-7,9,11H,2,5,8,10,17H2,1H3,(H,18,21). The van der Waals surface area contributed by atoms with Crippen LogP contribution in [0.25, 0.3) is 5.69 Å². The summed E-state index contributed by atoms with van der Waals surface area (Å²) >= 11 is 0. The molecule has 122 valence electrons. The van der Waals surface area contributed by atoms with Crippen LogP contribution in [0.3, 0.4) is 0 Å². The summed E-state index contributed by atoms with van der Waals surface area (Å²) in [6, 6.07) is 8.81. The minimum atomic E-state index is -0.476. The summed E-state index contributed by atoms with van der Waals surface area (Å²) in [7, 11) is 0. The summed E-state index contributed by atoms with van der Waals surface area (Å²) < 4.78 is 6.45. The Morgan fingerprint density at radius 1 is 1.30 bits per heavy atom. The molecule has 1 amide bonds. The fourth-order valence-electron chi connectivity index (χ4n) is 2.03. The molecule has 0 radical (unpaired) electrons. The van der Waals surface area contributed by atoms with E-state index in [-0.39, 0.29) is 11.6 Å². The Kier molecular flexibility index (Phi) is 5.87. The molecule has 1 heterocycles. The van der Waals surface area contributed by atoms with Crippen molar-refractivity contribution in [1.29, 1.82) is 0 Å². The van der Waals surface area contributed by atoms with Gasteiger partial charge in [0.1, 0.15) is 0 Å². The van der Waals surface area contributed by atoms with Crippen molar-refractivity contribution < 1.29 is 14.3 Å². The first-order chi connectivity index (χ1) is 11.2. The molecule has 7 heteroatoms. The highest BCUT2D eigenvalue weighted by Gasteiger charge is 2.13. The van der Waals surface area contributed by atoms with E-state index in [1.165, 1.54) is 4.68 Å². The maximum absolute atomic E-state index is 11.9. The van der Waals surface area contributed by atoms with Crippen LogP contribution in [0.1, 0.15) is 30.3 Å². The van der Waals surface area contributed by atoms with Gasteiger partial charge >= 0.3 is 5.97 Å². The van der Waals surface area contributed by atoms with Gasteiger partial charge < -0.3 is 15.8 Å². The SMILES string of the molecule is CCOC(=O)c1ccn(-c2ccccc2NC(=O)CCCN)n1. The van der Waals surface area contributed by atoms with Gasteiger partial charge in [-0.05, 0) is 38.1 Å². The number of ether oxygens (including phenoxy) is 1. The lowest BCUT2D eigenvalue weighted by atomic mass is 10.2. The van der Waals surface area contributed by atoms with Crippen LogP contribution in [0.4, 0.5) is 5.69 Å². The van der Waals surface area contributed by atoms with Gasteiger partial charge in [0.25, 0.3) is 0 Å². The molecule has 7 nitrogen and oxygen atoms in total. The fraction of sp³-hybridized carbons (Fsp3) is 0.312. The molecule has 0 unspecified atom stereocenters. The van der Waals surface area contributed by atoms with Gasteiger partial charge in [-0.2, -0.15) is 5.10 Å². The second kappa shape index (κ2) is 8.09. The van der Waals surface area contributed by atoms with Crippen LogP contribution in [-0.4, -0.2) is 34.8 Å². The normalized spacial score (nSPS) is 10.3. The number of nitrogens with one attached hydrogen (secondary N) is 1. The molecule has 0 spiro atoms. The van der Waals surface area contributed by atoms with Crippen molar-refractivity contribution in [2.75, 3.05) is 18.5 Å². The van der Waals surface area contributed by atoms with E-state index in [2.05, 4.69) is 10.4 Å². The number of carbonyl (C=O) groups is 2. The number of esters is 1. The molecule has 2 rings (SSSR count). The summed E-state index contributed by atoms with van der Waals surface area (Å²) in [5.41, 5.74) is 6.92. The van der Waals surface area contributed by atoms with Crippen molar-refractivity contribution in [3.05, 3.63) is 42.2 Å². The van der Waals surface area contributed by atoms with E-state index < -0.39 is 5.97 Å². The Labute approximate surface area is 134 Å². The van der Waals surface area contributed by atoms with Gasteiger partial charge in [-0.15, -0.1) is 0 Å². The molecule has 2 aromatic rings. The third kappa shape index (κ3) is 4.40. The highest BCUT2D eigenvalue weighted by Crippen LogP contribution is 2.20. The summed E-state index contributed by atoms with van der Waals surface area (Å²) in [6.45, 7) is 2.50. The van der Waals surface area contributed by atoms with Gasteiger partial charge in [0.15, 0.2) is 5.69 Å². The Morgan fingerprint density at radius 2 is 2.09 bits per heavy atom. The largest absolute Gasteiger partial charge is 0.461 e. The molecule has 0 aliphatic rings. The molecular weight excluding hydrogens is 296 g/mol. The molecule has 1 aromatic heterocycles. The lowest BCUT2D eigenvalue weighted by molar-refractivity contribution is -0.116. The average molecular weight is 316 g/mol. The molecule has 0 bridgehead atoms. The molecule has 1 aromatic carbocycles. The van der Waals surface area contributed by atoms with Gasteiger partial charge in [-0.3, -0.25) is 4.79 Å². The molecule has 0 aliphatic heterocycles. The zero-order valence-electron chi connectivity index (χ0n) is 13.0. The number of hydrogen-bond acceptors (Lipinski definition) is 5. The van der Waals surface area contributed by atoms with Crippen LogP contribution in [0, 0.1) is 0 Å². The third-order valence-corrected chi connectivity index (χ3v) is 3.11. The molecule has 3 N–H and O–H groups in total. The maximum Gasteiger partial charge on any atom is 0.358 e. The van der Waals surface area contributed by atoms with Crippen molar-refractivity contribution in [2.45, 2.75) is 19.8 Å². The lowest BCUT2D eigenvalue weighted by Gasteiger charge is -2.10. The Bertz CT molecular complexity index is 681. The van der Waals surface area contributed by atoms with E-state index in [1.54, 1.807) is 31.3 Å². The van der Waals surface area contributed by atoms with Crippen LogP contribution in [-0.2, 0) is 9.53 Å². The first kappa shape index (κ1) is 16.7. The summed E-state index contributed by atoms with van der Waals surface area (Å²) in [4.78, 5) is 23.6. The van der Waals surface area contributed by atoms with Crippen LogP contribution >= 0.6 is 0 Å². The second-order valence-corrected chi connectivity index (χ2v) is 4.82. The first-order valence-electron chi connectivity index (χ1n) is 7.47. The minimum absolute atomic E-state index is 0.110. The number of para-hydroxylation sites is 2. The zero-order valence-corrected chi connectivity index (χ0v) is 13.0. The Balaban J connectivity index is 2.20. The van der Waals surface area contributed by atoms with Crippen LogP contribution in [0.15, 0.2) is 36.5 Å². The second-order valence-electron chi connectivity index (χ2n) is 4.82. The number of benzene rings is 1. The van der Waals surface area contributed by atoms with Crippen molar-refractivity contribution in [1.82, 2.24) is 9.78 Å². The van der Waals surface area contributed by atoms with Crippen LogP contribution < -0.4 is 11.1 Å². The fourth-order valence-corrected chi connectivity index (χ4v) is 2.03. The molecule has 0 aliphatic carbocycles. The van der Waals surface area contributed by atoms with E-state index in [9.17, 15) is 9.59 Å². The van der Waals surface area contributed by atoms with E-state index >= 15 is 0 Å². The van der Waals surface area contributed by atoms with Gasteiger partial charge in [0.2, 0.25) is 5.91 Å². The highest BCUT2D eigenvalue weighted by molar-refractivity contribution is 5.93. The predicted molar refractivity (Wildman–Crippen MR) is 86.4 cm³/mol. The zero-order chi connectivity index (χ0) is 16.7. The van der Waals surface area contributed by atoms with Crippen molar-refractivity contribution in [2.24, 2.45) is 5.73 Å². The van der Waals surface area contributed by atoms with E-state index in [4.69, 9.17) is 10.5 Å². The first-order valence-corrected chi connectivity index (χ1v) is 7.47. The van der Waals surface area contributed by atoms with E-state index in [0.29, 0.717) is 37.4 Å². The lowest BCUT2D eigenvalue weighted by Crippen LogP contribution is -2.15. The van der Waals surface area contributed by atoms with Gasteiger partial charge in [0, 0.05) is 12.6 Å². The number of anilines is 1. The third-order valence-electron chi connectivity index (χ3n) is 3.11. The van der Waals surface area contributed by atoms with Gasteiger partial charge in [-0.25, -0.2) is 9.48 Å². The summed E-state index contributed by atoms with van der Waals surface area (Å²) in [6.07, 6.45) is 2.64. The van der Waals surface area contributed by atoms with Crippen LogP contribution in [0.5, 0.6) is 0 Å². The summed E-state index contributed by atoms with van der Waals surface area (Å²) in [5.74, 6) is -0.587. The number of aromatic nitrogens is 2. The van der Waals surface area contributed by atoms with E-state index in [1.807, 2.05) is 12.1 Å². The monoisotopic (exact) mass is 316 g/mol. The Hall–Kier alpha value is -2.67. The minimum Gasteiger partial charge on any atom is -0.461 e. The predicted octanol–water partition coefficient (Wildman–Crippen LogP) is 1.73. The molecular formula is C16H20N4O3. The van der Waals surface area contributed by atoms with E-state index in [0.717, 1.165) is 0 Å². The average Bonchev–Trinajstić information content (AvgIpc) is 3.03. The molecule has 0 saturated carbocycles. The molecule has 0 saturated heterocycles. The quantitative estimate of drug-likeness (QED) is 0.758.